The first kappa shape index (κ1) is 24.3. The smallest absolute Gasteiger partial charge is 0.319 e. The lowest BCUT2D eigenvalue weighted by Crippen LogP contribution is -2.46. The average molecular weight is 489 g/mol. The number of hydrogen-bond donors (Lipinski definition) is 3. The zero-order valence-corrected chi connectivity index (χ0v) is 19.6. The van der Waals surface area contributed by atoms with E-state index in [1.54, 1.807) is 25.1 Å². The van der Waals surface area contributed by atoms with Crippen LogP contribution < -0.4 is 25.4 Å². The minimum atomic E-state index is -0.776. The molecule has 10 heteroatoms. The Labute approximate surface area is 207 Å². The first-order chi connectivity index (χ1) is 17.4. The number of nitro groups is 1. The molecule has 184 valence electrons. The molecule has 10 nitrogen and oxygen atoms in total. The molecule has 1 aliphatic heterocycles. The van der Waals surface area contributed by atoms with Gasteiger partial charge in [0, 0.05) is 23.5 Å². The first-order valence-corrected chi connectivity index (χ1v) is 11.0. The first-order valence-electron chi connectivity index (χ1n) is 11.0. The second-order valence-electron chi connectivity index (χ2n) is 8.01. The summed E-state index contributed by atoms with van der Waals surface area (Å²) in [5, 5.41) is 19.1. The van der Waals surface area contributed by atoms with E-state index in [9.17, 15) is 19.7 Å². The summed E-state index contributed by atoms with van der Waals surface area (Å²) < 4.78 is 11.4. The Morgan fingerprint density at radius 2 is 1.78 bits per heavy atom. The molecule has 36 heavy (non-hydrogen) atoms. The van der Waals surface area contributed by atoms with E-state index in [0.717, 1.165) is 5.56 Å². The maximum atomic E-state index is 13.3. The number of ether oxygens (including phenoxy) is 2. The van der Waals surface area contributed by atoms with E-state index in [-0.39, 0.29) is 11.3 Å². The van der Waals surface area contributed by atoms with Gasteiger partial charge in [0.25, 0.3) is 11.6 Å². The van der Waals surface area contributed by atoms with Crippen molar-refractivity contribution < 1.29 is 24.0 Å². The zero-order valence-electron chi connectivity index (χ0n) is 19.6. The van der Waals surface area contributed by atoms with Gasteiger partial charge < -0.3 is 25.4 Å². The molecule has 0 fully saturated rings. The Hall–Kier alpha value is -4.86. The summed E-state index contributed by atoms with van der Waals surface area (Å²) in [4.78, 5) is 35.9. The highest BCUT2D eigenvalue weighted by Gasteiger charge is 2.32. The van der Waals surface area contributed by atoms with E-state index in [4.69, 9.17) is 9.47 Å². The van der Waals surface area contributed by atoms with Crippen LogP contribution >= 0.6 is 0 Å². The van der Waals surface area contributed by atoms with Crippen LogP contribution in [0.5, 0.6) is 11.5 Å². The van der Waals surface area contributed by atoms with E-state index in [0.29, 0.717) is 35.1 Å². The molecule has 0 aromatic heterocycles. The lowest BCUT2D eigenvalue weighted by atomic mass is 9.94. The van der Waals surface area contributed by atoms with Gasteiger partial charge in [0.1, 0.15) is 6.61 Å². The fourth-order valence-electron chi connectivity index (χ4n) is 3.83. The van der Waals surface area contributed by atoms with Crippen LogP contribution in [0, 0.1) is 10.1 Å². The number of non-ortho nitro benzene ring substituents is 1. The minimum absolute atomic E-state index is 0.0888. The number of benzene rings is 3. The maximum Gasteiger partial charge on any atom is 0.319 e. The van der Waals surface area contributed by atoms with Crippen LogP contribution in [-0.2, 0) is 11.4 Å². The summed E-state index contributed by atoms with van der Waals surface area (Å²) >= 11 is 0. The van der Waals surface area contributed by atoms with Gasteiger partial charge >= 0.3 is 6.03 Å². The number of amides is 3. The quantitative estimate of drug-likeness (QED) is 0.317. The van der Waals surface area contributed by atoms with Crippen molar-refractivity contribution in [2.75, 3.05) is 12.4 Å². The highest BCUT2D eigenvalue weighted by Crippen LogP contribution is 2.35. The zero-order chi connectivity index (χ0) is 25.7. The maximum absolute atomic E-state index is 13.3. The third-order valence-electron chi connectivity index (χ3n) is 5.61. The standard InChI is InChI=1S/C26H24N4O6/c1-16-23(25(31)28-19-9-11-20(12-10-19)30(33)34)24(29-26(32)27-16)18-8-13-21(35-2)22(14-18)36-15-17-6-4-3-5-7-17/h3-14,24H,15H2,1-2H3,(H,28,31)(H2,27,29,32)/t24-/m0/s1. The third-order valence-corrected chi connectivity index (χ3v) is 5.61. The highest BCUT2D eigenvalue weighted by molar-refractivity contribution is 6.06. The summed E-state index contributed by atoms with van der Waals surface area (Å²) in [5.41, 5.74) is 2.54. The van der Waals surface area contributed by atoms with Gasteiger partial charge in [0.15, 0.2) is 11.5 Å². The van der Waals surface area contributed by atoms with Crippen molar-refractivity contribution in [2.45, 2.75) is 19.6 Å². The van der Waals surface area contributed by atoms with Crippen molar-refractivity contribution in [1.82, 2.24) is 10.6 Å². The molecular formula is C26H24N4O6. The van der Waals surface area contributed by atoms with E-state index in [1.807, 2.05) is 30.3 Å². The summed E-state index contributed by atoms with van der Waals surface area (Å²) in [7, 11) is 1.53. The number of nitrogens with one attached hydrogen (secondary N) is 3. The molecule has 1 aliphatic rings. The van der Waals surface area contributed by atoms with Crippen molar-refractivity contribution in [2.24, 2.45) is 0 Å². The predicted molar refractivity (Wildman–Crippen MR) is 133 cm³/mol. The van der Waals surface area contributed by atoms with Crippen LogP contribution in [0.2, 0.25) is 0 Å². The molecule has 0 aliphatic carbocycles. The number of urea groups is 1. The molecule has 0 bridgehead atoms. The number of nitrogens with zero attached hydrogens (tertiary/aromatic N) is 1. The van der Waals surface area contributed by atoms with Gasteiger partial charge in [0.2, 0.25) is 0 Å². The molecule has 0 saturated carbocycles. The Balaban J connectivity index is 1.61. The number of hydrogen-bond acceptors (Lipinski definition) is 6. The number of nitro benzene ring substituents is 1. The van der Waals surface area contributed by atoms with Crippen LogP contribution in [0.3, 0.4) is 0 Å². The summed E-state index contributed by atoms with van der Waals surface area (Å²) in [6, 6.07) is 19.1. The largest absolute Gasteiger partial charge is 0.493 e. The normalized spacial score (nSPS) is 14.9. The summed E-state index contributed by atoms with van der Waals surface area (Å²) in [6.07, 6.45) is 0. The molecule has 3 aromatic carbocycles. The number of allylic oxidation sites excluding steroid dienone is 1. The number of carbonyl (C=O) groups is 2. The highest BCUT2D eigenvalue weighted by atomic mass is 16.6. The number of anilines is 1. The molecule has 1 atom stereocenters. The summed E-state index contributed by atoms with van der Waals surface area (Å²) in [5.74, 6) is 0.494. The van der Waals surface area contributed by atoms with Crippen molar-refractivity contribution in [3.05, 3.63) is 105 Å². The summed E-state index contributed by atoms with van der Waals surface area (Å²) in [6.45, 7) is 1.94. The molecule has 3 aromatic rings. The third kappa shape index (κ3) is 5.44. The Bertz CT molecular complexity index is 1320. The Morgan fingerprint density at radius 3 is 2.44 bits per heavy atom. The van der Waals surface area contributed by atoms with Gasteiger partial charge in [-0.05, 0) is 42.3 Å². The minimum Gasteiger partial charge on any atom is -0.493 e. The molecule has 1 heterocycles. The Kier molecular flexibility index (Phi) is 7.15. The molecule has 0 saturated heterocycles. The number of carbonyl (C=O) groups excluding carboxylic acids is 2. The molecular weight excluding hydrogens is 464 g/mol. The van der Waals surface area contributed by atoms with Gasteiger partial charge in [-0.2, -0.15) is 0 Å². The SMILES string of the molecule is COc1ccc([C@@H]2NC(=O)NC(C)=C2C(=O)Nc2ccc([N+](=O)[O-])cc2)cc1OCc1ccccc1. The van der Waals surface area contributed by atoms with Gasteiger partial charge in [-0.15, -0.1) is 0 Å². The molecule has 0 radical (unpaired) electrons. The van der Waals surface area contributed by atoms with Crippen molar-refractivity contribution in [3.63, 3.8) is 0 Å². The van der Waals surface area contributed by atoms with Gasteiger partial charge in [-0.1, -0.05) is 36.4 Å². The van der Waals surface area contributed by atoms with Gasteiger partial charge in [0.05, 0.1) is 23.6 Å². The number of methoxy groups -OCH3 is 1. The van der Waals surface area contributed by atoms with Crippen LogP contribution in [0.1, 0.15) is 24.1 Å². The lowest BCUT2D eigenvalue weighted by molar-refractivity contribution is -0.384. The number of rotatable bonds is 8. The second-order valence-corrected chi connectivity index (χ2v) is 8.01. The van der Waals surface area contributed by atoms with Gasteiger partial charge in [-0.25, -0.2) is 4.79 Å². The van der Waals surface area contributed by atoms with Crippen molar-refractivity contribution >= 4 is 23.3 Å². The van der Waals surface area contributed by atoms with Crippen LogP contribution in [0.25, 0.3) is 0 Å². The average Bonchev–Trinajstić information content (AvgIpc) is 2.87. The van der Waals surface area contributed by atoms with Gasteiger partial charge in [-0.3, -0.25) is 14.9 Å². The fourth-order valence-corrected chi connectivity index (χ4v) is 3.83. The van der Waals surface area contributed by atoms with E-state index < -0.39 is 22.9 Å². The van der Waals surface area contributed by atoms with Crippen LogP contribution in [-0.4, -0.2) is 24.0 Å². The van der Waals surface area contributed by atoms with Crippen LogP contribution in [0.15, 0.2) is 84.1 Å². The monoisotopic (exact) mass is 488 g/mol. The van der Waals surface area contributed by atoms with Crippen molar-refractivity contribution in [1.29, 1.82) is 0 Å². The predicted octanol–water partition coefficient (Wildman–Crippen LogP) is 4.45. The van der Waals surface area contributed by atoms with E-state index in [1.165, 1.54) is 31.4 Å². The molecule has 3 N–H and O–H groups in total. The molecule has 3 amide bonds. The molecule has 4 rings (SSSR count). The Morgan fingerprint density at radius 1 is 1.06 bits per heavy atom. The molecule has 0 spiro atoms. The fraction of sp³-hybridized carbons (Fsp3) is 0.154. The van der Waals surface area contributed by atoms with Crippen molar-refractivity contribution in [3.8, 4) is 11.5 Å². The lowest BCUT2D eigenvalue weighted by Gasteiger charge is -2.29. The van der Waals surface area contributed by atoms with Crippen LogP contribution in [0.4, 0.5) is 16.2 Å². The van der Waals surface area contributed by atoms with E-state index in [2.05, 4.69) is 16.0 Å². The second kappa shape index (κ2) is 10.6. The topological polar surface area (TPSA) is 132 Å². The van der Waals surface area contributed by atoms with E-state index >= 15 is 0 Å². The molecule has 0 unspecified atom stereocenters.